The number of nitrogens with zero attached hydrogens (tertiary/aromatic N) is 3. The Morgan fingerprint density at radius 1 is 1.19 bits per heavy atom. The highest BCUT2D eigenvalue weighted by molar-refractivity contribution is 7.71. The highest BCUT2D eigenvalue weighted by Gasteiger charge is 2.36. The van der Waals surface area contributed by atoms with E-state index in [1.54, 1.807) is 17.0 Å². The van der Waals surface area contributed by atoms with Crippen molar-refractivity contribution in [3.05, 3.63) is 52.6 Å². The number of likely N-dealkylation sites (tertiary alicyclic amines) is 1. The molecule has 160 valence electrons. The number of fused-ring (bicyclic) bond motifs is 1. The summed E-state index contributed by atoms with van der Waals surface area (Å²) in [5.74, 6) is 0.0991. The first-order chi connectivity index (χ1) is 15.0. The maximum Gasteiger partial charge on any atom is 0.258 e. The molecule has 31 heavy (non-hydrogen) atoms. The molecule has 0 radical (unpaired) electrons. The van der Waals surface area contributed by atoms with Gasteiger partial charge >= 0.3 is 0 Å². The van der Waals surface area contributed by atoms with Crippen LogP contribution in [-0.4, -0.2) is 49.2 Å². The number of aromatic amines is 1. The Bertz CT molecular complexity index is 1230. The molecule has 9 heteroatoms. The van der Waals surface area contributed by atoms with Crippen LogP contribution in [0.1, 0.15) is 47.9 Å². The summed E-state index contributed by atoms with van der Waals surface area (Å²) in [5, 5.41) is 22.1. The van der Waals surface area contributed by atoms with Crippen molar-refractivity contribution in [2.45, 2.75) is 44.3 Å². The first kappa shape index (κ1) is 19.7. The zero-order valence-corrected chi connectivity index (χ0v) is 17.7. The van der Waals surface area contributed by atoms with Crippen LogP contribution in [0.4, 0.5) is 0 Å². The number of carbonyl (C=O) groups excluding carboxylic acids is 2. The Hall–Kier alpha value is -3.20. The summed E-state index contributed by atoms with van der Waals surface area (Å²) in [7, 11) is 0. The third kappa shape index (κ3) is 3.59. The highest BCUT2D eigenvalue weighted by atomic mass is 32.1. The van der Waals surface area contributed by atoms with Crippen LogP contribution in [0, 0.1) is 4.77 Å². The Kier molecular flexibility index (Phi) is 4.97. The summed E-state index contributed by atoms with van der Waals surface area (Å²) < 4.78 is 2.52. The zero-order valence-electron chi connectivity index (χ0n) is 16.9. The fraction of sp³-hybridized carbons (Fsp3) is 0.364. The third-order valence-corrected chi connectivity index (χ3v) is 6.35. The van der Waals surface area contributed by atoms with Crippen molar-refractivity contribution >= 4 is 34.8 Å². The monoisotopic (exact) mass is 437 g/mol. The van der Waals surface area contributed by atoms with Gasteiger partial charge < -0.3 is 15.3 Å². The molecule has 1 saturated heterocycles. The zero-order chi connectivity index (χ0) is 21.5. The van der Waals surface area contributed by atoms with Crippen LogP contribution in [-0.2, 0) is 11.3 Å². The molecule has 2 aliphatic rings. The van der Waals surface area contributed by atoms with Crippen molar-refractivity contribution in [3.8, 4) is 5.75 Å². The molecule has 1 saturated carbocycles. The van der Waals surface area contributed by atoms with E-state index < -0.39 is 6.04 Å². The maximum absolute atomic E-state index is 13.2. The van der Waals surface area contributed by atoms with Crippen molar-refractivity contribution in [2.75, 3.05) is 6.54 Å². The van der Waals surface area contributed by atoms with Crippen LogP contribution < -0.4 is 5.32 Å². The summed E-state index contributed by atoms with van der Waals surface area (Å²) in [6, 6.07) is 10.6. The normalized spacial score (nSPS) is 18.5. The number of aromatic hydroxyl groups is 1. The van der Waals surface area contributed by atoms with Crippen LogP contribution in [0.3, 0.4) is 0 Å². The minimum absolute atomic E-state index is 0.0471. The summed E-state index contributed by atoms with van der Waals surface area (Å²) in [5.41, 5.74) is 0.216. The summed E-state index contributed by atoms with van der Waals surface area (Å²) in [4.78, 5) is 27.7. The predicted octanol–water partition coefficient (Wildman–Crippen LogP) is 3.06. The molecular formula is C22H23N5O3S. The van der Waals surface area contributed by atoms with Crippen molar-refractivity contribution in [2.24, 2.45) is 0 Å². The molecular weight excluding hydrogens is 414 g/mol. The van der Waals surface area contributed by atoms with Crippen molar-refractivity contribution < 1.29 is 14.7 Å². The molecule has 3 aromatic rings. The lowest BCUT2D eigenvalue weighted by atomic mass is 10.0. The average Bonchev–Trinajstić information content (AvgIpc) is 3.36. The molecule has 2 amide bonds. The van der Waals surface area contributed by atoms with Gasteiger partial charge in [0.15, 0.2) is 10.6 Å². The molecule has 0 bridgehead atoms. The lowest BCUT2D eigenvalue weighted by Gasteiger charge is -2.24. The van der Waals surface area contributed by atoms with Crippen LogP contribution in [0.25, 0.3) is 10.8 Å². The SMILES string of the molecule is O=C(NCc1n[nH]c(=S)n1C1CC1)C1CCCN1C(=O)c1ccc2ccccc2c1O. The van der Waals surface area contributed by atoms with E-state index in [-0.39, 0.29) is 29.7 Å². The molecule has 2 heterocycles. The van der Waals surface area contributed by atoms with Gasteiger partial charge in [-0.25, -0.2) is 0 Å². The van der Waals surface area contributed by atoms with E-state index in [1.165, 1.54) is 0 Å². The smallest absolute Gasteiger partial charge is 0.258 e. The number of rotatable bonds is 5. The Labute approximate surface area is 183 Å². The number of aromatic nitrogens is 3. The van der Waals surface area contributed by atoms with E-state index in [0.717, 1.165) is 24.6 Å². The molecule has 1 aliphatic heterocycles. The summed E-state index contributed by atoms with van der Waals surface area (Å²) >= 11 is 5.28. The van der Waals surface area contributed by atoms with E-state index >= 15 is 0 Å². The van der Waals surface area contributed by atoms with E-state index in [4.69, 9.17) is 12.2 Å². The summed E-state index contributed by atoms with van der Waals surface area (Å²) in [6.07, 6.45) is 3.45. The standard InChI is InChI=1S/C22H23N5O3S/c28-19-15-5-2-1-4-13(15)7-10-16(19)21(30)26-11-3-6-17(26)20(29)23-12-18-24-25-22(31)27(18)14-8-9-14/h1-2,4-5,7,10,14,17,28H,3,6,8-9,11-12H2,(H,23,29)(H,25,31). The second-order valence-electron chi connectivity index (χ2n) is 8.10. The Morgan fingerprint density at radius 3 is 2.81 bits per heavy atom. The molecule has 1 atom stereocenters. The van der Waals surface area contributed by atoms with E-state index in [9.17, 15) is 14.7 Å². The number of amides is 2. The number of nitrogens with one attached hydrogen (secondary N) is 2. The number of carbonyl (C=O) groups is 2. The first-order valence-corrected chi connectivity index (χ1v) is 10.9. The minimum Gasteiger partial charge on any atom is -0.506 e. The third-order valence-electron chi connectivity index (χ3n) is 6.06. The van der Waals surface area contributed by atoms with Gasteiger partial charge in [-0.1, -0.05) is 30.3 Å². The fourth-order valence-corrected chi connectivity index (χ4v) is 4.62. The lowest BCUT2D eigenvalue weighted by Crippen LogP contribution is -2.46. The highest BCUT2D eigenvalue weighted by Crippen LogP contribution is 2.36. The first-order valence-electron chi connectivity index (χ1n) is 10.5. The van der Waals surface area contributed by atoms with Crippen LogP contribution in [0.2, 0.25) is 0 Å². The molecule has 2 aromatic carbocycles. The number of hydrogen-bond acceptors (Lipinski definition) is 5. The molecule has 1 unspecified atom stereocenters. The number of hydrogen-bond donors (Lipinski definition) is 3. The molecule has 8 nitrogen and oxygen atoms in total. The van der Waals surface area contributed by atoms with Gasteiger partial charge in [0.2, 0.25) is 5.91 Å². The van der Waals surface area contributed by atoms with E-state index in [2.05, 4.69) is 15.5 Å². The van der Waals surface area contributed by atoms with Crippen molar-refractivity contribution in [1.82, 2.24) is 25.0 Å². The molecule has 5 rings (SSSR count). The minimum atomic E-state index is -0.574. The van der Waals surface area contributed by atoms with Crippen molar-refractivity contribution in [1.29, 1.82) is 0 Å². The molecule has 0 spiro atoms. The Morgan fingerprint density at radius 2 is 2.00 bits per heavy atom. The average molecular weight is 438 g/mol. The predicted molar refractivity (Wildman–Crippen MR) is 117 cm³/mol. The molecule has 2 fully saturated rings. The fourth-order valence-electron chi connectivity index (χ4n) is 4.32. The van der Waals surface area contributed by atoms with Gasteiger partial charge in [-0.05, 0) is 49.4 Å². The van der Waals surface area contributed by atoms with Gasteiger partial charge in [-0.15, -0.1) is 0 Å². The number of H-pyrrole nitrogens is 1. The van der Waals surface area contributed by atoms with Crippen LogP contribution in [0.5, 0.6) is 5.75 Å². The topological polar surface area (TPSA) is 103 Å². The maximum atomic E-state index is 13.2. The number of phenolic OH excluding ortho intramolecular Hbond substituents is 1. The van der Waals surface area contributed by atoms with Crippen LogP contribution in [0.15, 0.2) is 36.4 Å². The summed E-state index contributed by atoms with van der Waals surface area (Å²) in [6.45, 7) is 0.728. The second-order valence-corrected chi connectivity index (χ2v) is 8.49. The van der Waals surface area contributed by atoms with Gasteiger partial charge in [0, 0.05) is 18.0 Å². The number of phenols is 1. The van der Waals surface area contributed by atoms with Crippen LogP contribution >= 0.6 is 12.2 Å². The van der Waals surface area contributed by atoms with Gasteiger partial charge in [-0.2, -0.15) is 5.10 Å². The quantitative estimate of drug-likeness (QED) is 0.533. The van der Waals surface area contributed by atoms with Crippen molar-refractivity contribution in [3.63, 3.8) is 0 Å². The second kappa shape index (κ2) is 7.81. The van der Waals surface area contributed by atoms with Gasteiger partial charge in [-0.3, -0.25) is 19.3 Å². The van der Waals surface area contributed by atoms with Gasteiger partial charge in [0.1, 0.15) is 11.8 Å². The van der Waals surface area contributed by atoms with E-state index in [1.807, 2.05) is 28.8 Å². The molecule has 3 N–H and O–H groups in total. The van der Waals surface area contributed by atoms with E-state index in [0.29, 0.717) is 35.0 Å². The molecule has 1 aromatic heterocycles. The largest absolute Gasteiger partial charge is 0.506 e. The van der Waals surface area contributed by atoms with Gasteiger partial charge in [0.05, 0.1) is 12.1 Å². The van der Waals surface area contributed by atoms with Gasteiger partial charge in [0.25, 0.3) is 5.91 Å². The molecule has 1 aliphatic carbocycles. The Balaban J connectivity index is 1.32. The lowest BCUT2D eigenvalue weighted by molar-refractivity contribution is -0.125. The number of benzene rings is 2.